The number of oxazole rings is 1. The molecule has 0 spiro atoms. The number of rotatable bonds is 7. The first-order valence-corrected chi connectivity index (χ1v) is 11.2. The zero-order valence-corrected chi connectivity index (χ0v) is 19.4. The molecule has 2 amide bonds. The van der Waals surface area contributed by atoms with Crippen molar-refractivity contribution in [1.29, 1.82) is 0 Å². The summed E-state index contributed by atoms with van der Waals surface area (Å²) in [5.41, 5.74) is 2.94. The molecule has 0 bridgehead atoms. The molecule has 1 aliphatic heterocycles. The Labute approximate surface area is 193 Å². The molecule has 1 atom stereocenters. The minimum atomic E-state index is -0.331. The van der Waals surface area contributed by atoms with E-state index in [0.717, 1.165) is 17.5 Å². The Bertz CT molecular complexity index is 1150. The van der Waals surface area contributed by atoms with E-state index in [1.807, 2.05) is 55.5 Å². The average molecular weight is 448 g/mol. The number of hydrogen-bond acceptors (Lipinski definition) is 5. The molecular weight excluding hydrogens is 418 g/mol. The Balaban J connectivity index is 1.52. The molecule has 1 aromatic heterocycles. The molecule has 2 aromatic carbocycles. The van der Waals surface area contributed by atoms with Gasteiger partial charge in [0.25, 0.3) is 11.8 Å². The van der Waals surface area contributed by atoms with Crippen LogP contribution in [0.2, 0.25) is 0 Å². The summed E-state index contributed by atoms with van der Waals surface area (Å²) in [5, 5.41) is 2.92. The minimum Gasteiger partial charge on any atom is -0.482 e. The molecular formula is C26H29N3O4. The number of fused-ring (bicyclic) bond motifs is 1. The average Bonchev–Trinajstić information content (AvgIpc) is 3.30. The van der Waals surface area contributed by atoms with Crippen molar-refractivity contribution in [2.75, 3.05) is 11.5 Å². The van der Waals surface area contributed by atoms with Crippen LogP contribution in [-0.4, -0.2) is 23.4 Å². The number of amides is 2. The summed E-state index contributed by atoms with van der Waals surface area (Å²) in [6.45, 7) is 8.45. The van der Waals surface area contributed by atoms with Crippen LogP contribution in [0.4, 0.5) is 5.69 Å². The largest absolute Gasteiger partial charge is 0.482 e. The predicted octanol–water partition coefficient (Wildman–Crippen LogP) is 4.78. The van der Waals surface area contributed by atoms with Crippen molar-refractivity contribution in [3.8, 4) is 5.75 Å². The van der Waals surface area contributed by atoms with Crippen molar-refractivity contribution in [2.45, 2.75) is 52.1 Å². The van der Waals surface area contributed by atoms with Crippen LogP contribution < -0.4 is 15.0 Å². The second-order valence-electron chi connectivity index (χ2n) is 8.92. The summed E-state index contributed by atoms with van der Waals surface area (Å²) in [7, 11) is 0. The van der Waals surface area contributed by atoms with Crippen LogP contribution in [0.5, 0.6) is 5.75 Å². The van der Waals surface area contributed by atoms with E-state index in [2.05, 4.69) is 31.1 Å². The second kappa shape index (κ2) is 9.10. The lowest BCUT2D eigenvalue weighted by molar-refractivity contribution is -0.121. The van der Waals surface area contributed by atoms with Gasteiger partial charge >= 0.3 is 0 Å². The van der Waals surface area contributed by atoms with Crippen molar-refractivity contribution >= 4 is 17.5 Å². The molecule has 3 aromatic rings. The van der Waals surface area contributed by atoms with Crippen LogP contribution in [0.15, 0.2) is 59.2 Å². The smallest absolute Gasteiger partial charge is 0.273 e. The van der Waals surface area contributed by atoms with Crippen LogP contribution >= 0.6 is 0 Å². The van der Waals surface area contributed by atoms with Gasteiger partial charge in [-0.25, -0.2) is 4.98 Å². The van der Waals surface area contributed by atoms with Gasteiger partial charge in [0.05, 0.1) is 11.7 Å². The van der Waals surface area contributed by atoms with E-state index in [4.69, 9.17) is 9.15 Å². The first kappa shape index (κ1) is 22.6. The van der Waals surface area contributed by atoms with E-state index in [0.29, 0.717) is 11.4 Å². The summed E-state index contributed by atoms with van der Waals surface area (Å²) in [6.07, 6.45) is 2.28. The van der Waals surface area contributed by atoms with Gasteiger partial charge in [0.2, 0.25) is 5.89 Å². The van der Waals surface area contributed by atoms with Crippen molar-refractivity contribution in [3.63, 3.8) is 0 Å². The molecule has 0 saturated carbocycles. The standard InChI is InChI=1S/C26H29N3O4/c1-5-26(3,4)19-11-12-22-21(13-19)29(24(30)16-32-22)14-23-28-20(15-33-23)25(31)27-17(2)18-9-7-6-8-10-18/h6-13,15,17H,5,14,16H2,1-4H3,(H,27,31). The monoisotopic (exact) mass is 447 g/mol. The lowest BCUT2D eigenvalue weighted by atomic mass is 9.82. The lowest BCUT2D eigenvalue weighted by Gasteiger charge is -2.31. The third-order valence-electron chi connectivity index (χ3n) is 6.29. The molecule has 0 aliphatic carbocycles. The van der Waals surface area contributed by atoms with Gasteiger partial charge in [-0.05, 0) is 42.0 Å². The number of nitrogens with zero attached hydrogens (tertiary/aromatic N) is 2. The van der Waals surface area contributed by atoms with Crippen LogP contribution in [0.1, 0.15) is 67.7 Å². The van der Waals surface area contributed by atoms with Gasteiger partial charge in [-0.1, -0.05) is 57.2 Å². The van der Waals surface area contributed by atoms with Gasteiger partial charge in [-0.3, -0.25) is 14.5 Å². The molecule has 4 rings (SSSR count). The molecule has 1 unspecified atom stereocenters. The third kappa shape index (κ3) is 4.77. The van der Waals surface area contributed by atoms with E-state index in [9.17, 15) is 9.59 Å². The summed E-state index contributed by atoms with van der Waals surface area (Å²) in [4.78, 5) is 31.3. The van der Waals surface area contributed by atoms with Crippen molar-refractivity contribution < 1.29 is 18.7 Å². The Kier molecular flexibility index (Phi) is 6.22. The normalized spacial score (nSPS) is 14.4. The van der Waals surface area contributed by atoms with E-state index in [-0.39, 0.29) is 48.0 Å². The van der Waals surface area contributed by atoms with Gasteiger partial charge in [0.1, 0.15) is 18.6 Å². The molecule has 0 fully saturated rings. The van der Waals surface area contributed by atoms with Gasteiger partial charge in [0, 0.05) is 0 Å². The van der Waals surface area contributed by atoms with Crippen LogP contribution in [0, 0.1) is 0 Å². The number of ether oxygens (including phenoxy) is 1. The zero-order chi connectivity index (χ0) is 23.6. The first-order chi connectivity index (χ1) is 15.8. The highest BCUT2D eigenvalue weighted by atomic mass is 16.5. The van der Waals surface area contributed by atoms with E-state index >= 15 is 0 Å². The van der Waals surface area contributed by atoms with E-state index in [1.54, 1.807) is 4.90 Å². The molecule has 0 saturated heterocycles. The molecule has 172 valence electrons. The zero-order valence-electron chi connectivity index (χ0n) is 19.4. The number of carbonyl (C=O) groups excluding carboxylic acids is 2. The summed E-state index contributed by atoms with van der Waals surface area (Å²) < 4.78 is 11.2. The molecule has 7 nitrogen and oxygen atoms in total. The Hall–Kier alpha value is -3.61. The maximum absolute atomic E-state index is 12.7. The Morgan fingerprint density at radius 1 is 1.21 bits per heavy atom. The fraction of sp³-hybridized carbons (Fsp3) is 0.346. The SMILES string of the molecule is CCC(C)(C)c1ccc2c(c1)N(Cc1nc(C(=O)NC(C)c3ccccc3)co1)C(=O)CO2. The van der Waals surface area contributed by atoms with Gasteiger partial charge in [-0.15, -0.1) is 0 Å². The summed E-state index contributed by atoms with van der Waals surface area (Å²) >= 11 is 0. The highest BCUT2D eigenvalue weighted by Crippen LogP contribution is 2.38. The minimum absolute atomic E-state index is 0.0369. The summed E-state index contributed by atoms with van der Waals surface area (Å²) in [5.74, 6) is 0.415. The van der Waals surface area contributed by atoms with Crippen LogP contribution in [0.25, 0.3) is 0 Å². The molecule has 1 aliphatic rings. The van der Waals surface area contributed by atoms with Crippen molar-refractivity contribution in [1.82, 2.24) is 10.3 Å². The second-order valence-corrected chi connectivity index (χ2v) is 8.92. The molecule has 33 heavy (non-hydrogen) atoms. The maximum Gasteiger partial charge on any atom is 0.273 e. The highest BCUT2D eigenvalue weighted by Gasteiger charge is 2.30. The quantitative estimate of drug-likeness (QED) is 0.564. The molecule has 2 heterocycles. The molecule has 1 N–H and O–H groups in total. The number of aromatic nitrogens is 1. The number of anilines is 1. The maximum atomic E-state index is 12.7. The first-order valence-electron chi connectivity index (χ1n) is 11.2. The summed E-state index contributed by atoms with van der Waals surface area (Å²) in [6, 6.07) is 15.5. The lowest BCUT2D eigenvalue weighted by Crippen LogP contribution is -2.38. The van der Waals surface area contributed by atoms with E-state index in [1.165, 1.54) is 6.26 Å². The van der Waals surface area contributed by atoms with Gasteiger partial charge in [-0.2, -0.15) is 0 Å². The molecule has 7 heteroatoms. The van der Waals surface area contributed by atoms with Crippen molar-refractivity contribution in [2.24, 2.45) is 0 Å². The van der Waals surface area contributed by atoms with Gasteiger partial charge < -0.3 is 14.5 Å². The number of nitrogens with one attached hydrogen (secondary N) is 1. The fourth-order valence-corrected chi connectivity index (χ4v) is 3.72. The Morgan fingerprint density at radius 3 is 2.70 bits per heavy atom. The van der Waals surface area contributed by atoms with Crippen LogP contribution in [-0.2, 0) is 16.8 Å². The molecule has 0 radical (unpaired) electrons. The number of benzene rings is 2. The van der Waals surface area contributed by atoms with Crippen LogP contribution in [0.3, 0.4) is 0 Å². The van der Waals surface area contributed by atoms with E-state index < -0.39 is 0 Å². The third-order valence-corrected chi connectivity index (χ3v) is 6.29. The Morgan fingerprint density at radius 2 is 1.97 bits per heavy atom. The number of hydrogen-bond donors (Lipinski definition) is 1. The fourth-order valence-electron chi connectivity index (χ4n) is 3.72. The van der Waals surface area contributed by atoms with Crippen molar-refractivity contribution in [3.05, 3.63) is 77.5 Å². The predicted molar refractivity (Wildman–Crippen MR) is 125 cm³/mol. The number of carbonyl (C=O) groups is 2. The van der Waals surface area contributed by atoms with Gasteiger partial charge in [0.15, 0.2) is 12.3 Å². The topological polar surface area (TPSA) is 84.7 Å². The highest BCUT2D eigenvalue weighted by molar-refractivity contribution is 5.98.